The number of ether oxygens (including phenoxy) is 1. The Morgan fingerprint density at radius 3 is 2.61 bits per heavy atom. The first kappa shape index (κ1) is 21.8. The van der Waals surface area contributed by atoms with E-state index in [0.29, 0.717) is 25.2 Å². The lowest BCUT2D eigenvalue weighted by Crippen LogP contribution is -2.56. The number of nitrogens with one attached hydrogen (secondary N) is 1. The number of nitrogens with zero attached hydrogens (tertiary/aromatic N) is 2. The van der Waals surface area contributed by atoms with Gasteiger partial charge in [-0.25, -0.2) is 0 Å². The molecule has 2 aromatic carbocycles. The molecule has 2 amide bonds. The highest BCUT2D eigenvalue weighted by Crippen LogP contribution is 2.24. The van der Waals surface area contributed by atoms with Crippen molar-refractivity contribution in [2.45, 2.75) is 32.2 Å². The molecule has 0 spiro atoms. The average Bonchev–Trinajstić information content (AvgIpc) is 2.82. The SMILES string of the molecule is CC(C)(CNC(=O)[C@H]1CCCN(C(=O)c2cccc3ccccc23)C1)N1CCOCC1. The lowest BCUT2D eigenvalue weighted by Gasteiger charge is -2.41. The van der Waals surface area contributed by atoms with Crippen molar-refractivity contribution in [2.24, 2.45) is 5.92 Å². The lowest BCUT2D eigenvalue weighted by atomic mass is 9.95. The number of hydrogen-bond donors (Lipinski definition) is 1. The minimum atomic E-state index is -0.159. The molecule has 0 bridgehead atoms. The first-order chi connectivity index (χ1) is 15.0. The van der Waals surface area contributed by atoms with Crippen LogP contribution in [0.3, 0.4) is 0 Å². The zero-order valence-corrected chi connectivity index (χ0v) is 18.6. The molecule has 2 aliphatic heterocycles. The molecule has 2 aromatic rings. The highest BCUT2D eigenvalue weighted by Gasteiger charge is 2.32. The molecule has 31 heavy (non-hydrogen) atoms. The van der Waals surface area contributed by atoms with E-state index in [1.807, 2.05) is 47.4 Å². The fourth-order valence-electron chi connectivity index (χ4n) is 4.69. The molecule has 166 valence electrons. The van der Waals surface area contributed by atoms with Crippen LogP contribution in [-0.2, 0) is 9.53 Å². The molecule has 4 rings (SSSR count). The van der Waals surface area contributed by atoms with Crippen molar-refractivity contribution < 1.29 is 14.3 Å². The molecule has 1 atom stereocenters. The Labute approximate surface area is 184 Å². The van der Waals surface area contributed by atoms with Gasteiger partial charge in [-0.15, -0.1) is 0 Å². The Kier molecular flexibility index (Phi) is 6.58. The number of benzene rings is 2. The Bertz CT molecular complexity index is 931. The number of piperidine rings is 1. The lowest BCUT2D eigenvalue weighted by molar-refractivity contribution is -0.127. The van der Waals surface area contributed by atoms with E-state index >= 15 is 0 Å². The third kappa shape index (κ3) is 4.91. The predicted molar refractivity (Wildman–Crippen MR) is 122 cm³/mol. The van der Waals surface area contributed by atoms with Gasteiger partial charge in [0, 0.05) is 43.8 Å². The number of fused-ring (bicyclic) bond motifs is 1. The van der Waals surface area contributed by atoms with Gasteiger partial charge in [-0.3, -0.25) is 14.5 Å². The zero-order valence-electron chi connectivity index (χ0n) is 18.6. The zero-order chi connectivity index (χ0) is 21.8. The van der Waals surface area contributed by atoms with E-state index < -0.39 is 0 Å². The first-order valence-electron chi connectivity index (χ1n) is 11.3. The van der Waals surface area contributed by atoms with Crippen LogP contribution in [-0.4, -0.2) is 73.1 Å². The molecule has 2 aliphatic rings. The number of carbonyl (C=O) groups is 2. The second kappa shape index (κ2) is 9.37. The average molecular weight is 424 g/mol. The van der Waals surface area contributed by atoms with E-state index in [-0.39, 0.29) is 23.3 Å². The van der Waals surface area contributed by atoms with Gasteiger partial charge in [0.25, 0.3) is 5.91 Å². The second-order valence-electron chi connectivity index (χ2n) is 9.25. The van der Waals surface area contributed by atoms with E-state index in [2.05, 4.69) is 24.1 Å². The fraction of sp³-hybridized carbons (Fsp3) is 0.520. The maximum Gasteiger partial charge on any atom is 0.254 e. The largest absolute Gasteiger partial charge is 0.379 e. The van der Waals surface area contributed by atoms with Crippen molar-refractivity contribution in [3.05, 3.63) is 48.0 Å². The summed E-state index contributed by atoms with van der Waals surface area (Å²) >= 11 is 0. The Hall–Kier alpha value is -2.44. The highest BCUT2D eigenvalue weighted by molar-refractivity contribution is 6.07. The number of morpholine rings is 1. The van der Waals surface area contributed by atoms with Crippen molar-refractivity contribution in [3.63, 3.8) is 0 Å². The number of carbonyl (C=O) groups excluding carboxylic acids is 2. The van der Waals surface area contributed by atoms with Crippen LogP contribution in [0.2, 0.25) is 0 Å². The summed E-state index contributed by atoms with van der Waals surface area (Å²) in [5.74, 6) is -0.0899. The van der Waals surface area contributed by atoms with Crippen molar-refractivity contribution >= 4 is 22.6 Å². The van der Waals surface area contributed by atoms with Crippen LogP contribution in [0.1, 0.15) is 37.0 Å². The molecular weight excluding hydrogens is 390 g/mol. The van der Waals surface area contributed by atoms with E-state index in [1.54, 1.807) is 0 Å². The first-order valence-corrected chi connectivity index (χ1v) is 11.3. The van der Waals surface area contributed by atoms with Crippen LogP contribution in [0.15, 0.2) is 42.5 Å². The van der Waals surface area contributed by atoms with Crippen molar-refractivity contribution in [2.75, 3.05) is 45.9 Å². The van der Waals surface area contributed by atoms with Crippen molar-refractivity contribution in [3.8, 4) is 0 Å². The molecule has 1 N–H and O–H groups in total. The van der Waals surface area contributed by atoms with Gasteiger partial charge < -0.3 is 15.0 Å². The quantitative estimate of drug-likeness (QED) is 0.803. The van der Waals surface area contributed by atoms with Crippen LogP contribution in [0, 0.1) is 5.92 Å². The molecule has 2 fully saturated rings. The molecule has 0 radical (unpaired) electrons. The molecule has 6 nitrogen and oxygen atoms in total. The molecule has 6 heteroatoms. The molecule has 0 saturated carbocycles. The number of likely N-dealkylation sites (tertiary alicyclic amines) is 1. The summed E-state index contributed by atoms with van der Waals surface area (Å²) in [7, 11) is 0. The molecule has 0 aliphatic carbocycles. The van der Waals surface area contributed by atoms with Crippen LogP contribution in [0.4, 0.5) is 0 Å². The van der Waals surface area contributed by atoms with Crippen LogP contribution in [0.25, 0.3) is 10.8 Å². The Morgan fingerprint density at radius 1 is 1.06 bits per heavy atom. The summed E-state index contributed by atoms with van der Waals surface area (Å²) in [5, 5.41) is 5.19. The summed E-state index contributed by atoms with van der Waals surface area (Å²) in [5.41, 5.74) is 0.597. The predicted octanol–water partition coefficient (Wildman–Crippen LogP) is 2.92. The van der Waals surface area contributed by atoms with Gasteiger partial charge in [-0.05, 0) is 43.5 Å². The van der Waals surface area contributed by atoms with Gasteiger partial charge >= 0.3 is 0 Å². The van der Waals surface area contributed by atoms with Crippen molar-refractivity contribution in [1.29, 1.82) is 0 Å². The smallest absolute Gasteiger partial charge is 0.254 e. The van der Waals surface area contributed by atoms with Crippen LogP contribution < -0.4 is 5.32 Å². The number of amides is 2. The topological polar surface area (TPSA) is 61.9 Å². The van der Waals surface area contributed by atoms with Crippen LogP contribution >= 0.6 is 0 Å². The van der Waals surface area contributed by atoms with Gasteiger partial charge in [-0.2, -0.15) is 0 Å². The summed E-state index contributed by atoms with van der Waals surface area (Å²) in [6.07, 6.45) is 1.67. The van der Waals surface area contributed by atoms with Gasteiger partial charge in [0.05, 0.1) is 19.1 Å². The number of rotatable bonds is 5. The minimum absolute atomic E-state index is 0.0166. The fourth-order valence-corrected chi connectivity index (χ4v) is 4.69. The number of hydrogen-bond acceptors (Lipinski definition) is 4. The van der Waals surface area contributed by atoms with Gasteiger partial charge in [-0.1, -0.05) is 36.4 Å². The normalized spacial score (nSPS) is 20.6. The second-order valence-corrected chi connectivity index (χ2v) is 9.25. The van der Waals surface area contributed by atoms with E-state index in [0.717, 1.165) is 49.9 Å². The molecule has 2 heterocycles. The molecule has 0 aromatic heterocycles. The Balaban J connectivity index is 1.38. The van der Waals surface area contributed by atoms with Crippen molar-refractivity contribution in [1.82, 2.24) is 15.1 Å². The van der Waals surface area contributed by atoms with E-state index in [9.17, 15) is 9.59 Å². The molecular formula is C25H33N3O3. The van der Waals surface area contributed by atoms with Crippen LogP contribution in [0.5, 0.6) is 0 Å². The summed E-state index contributed by atoms with van der Waals surface area (Å²) in [4.78, 5) is 30.5. The summed E-state index contributed by atoms with van der Waals surface area (Å²) in [6, 6.07) is 13.8. The maximum atomic E-state index is 13.3. The summed E-state index contributed by atoms with van der Waals surface area (Å²) in [6.45, 7) is 9.36. The van der Waals surface area contributed by atoms with Gasteiger partial charge in [0.15, 0.2) is 0 Å². The molecule has 2 saturated heterocycles. The van der Waals surface area contributed by atoms with Gasteiger partial charge in [0.2, 0.25) is 5.91 Å². The standard InChI is InChI=1S/C25H33N3O3/c1-25(2,28-13-15-31-16-14-28)18-26-23(29)20-9-6-12-27(17-20)24(30)22-11-5-8-19-7-3-4-10-21(19)22/h3-5,7-8,10-11,20H,6,9,12-18H2,1-2H3,(H,26,29)/t20-/m0/s1. The minimum Gasteiger partial charge on any atom is -0.379 e. The third-order valence-electron chi connectivity index (χ3n) is 6.66. The summed E-state index contributed by atoms with van der Waals surface area (Å²) < 4.78 is 5.45. The molecule has 0 unspecified atom stereocenters. The van der Waals surface area contributed by atoms with E-state index in [4.69, 9.17) is 4.74 Å². The van der Waals surface area contributed by atoms with Gasteiger partial charge in [0.1, 0.15) is 0 Å². The third-order valence-corrected chi connectivity index (χ3v) is 6.66. The van der Waals surface area contributed by atoms with E-state index in [1.165, 1.54) is 0 Å². The highest BCUT2D eigenvalue weighted by atomic mass is 16.5. The maximum absolute atomic E-state index is 13.3. The monoisotopic (exact) mass is 423 g/mol. The Morgan fingerprint density at radius 2 is 1.81 bits per heavy atom.